The van der Waals surface area contributed by atoms with Gasteiger partial charge in [0.1, 0.15) is 17.8 Å². The number of ether oxygens (including phenoxy) is 1. The Balaban J connectivity index is 1.55. The summed E-state index contributed by atoms with van der Waals surface area (Å²) in [4.78, 5) is 31.2. The second-order valence-corrected chi connectivity index (χ2v) is 7.00. The largest absolute Gasteiger partial charge is 0.470 e. The molecule has 0 unspecified atom stereocenters. The molecular formula is C22H20FN5O3. The zero-order valence-electron chi connectivity index (χ0n) is 16.7. The van der Waals surface area contributed by atoms with Crippen LogP contribution in [0.25, 0.3) is 0 Å². The van der Waals surface area contributed by atoms with Crippen LogP contribution in [0.4, 0.5) is 10.1 Å². The number of carbonyl (C=O) groups excluding carboxylic acids is 2. The molecule has 0 spiro atoms. The highest BCUT2D eigenvalue weighted by Gasteiger charge is 2.37. The van der Waals surface area contributed by atoms with Crippen LogP contribution >= 0.6 is 0 Å². The quantitative estimate of drug-likeness (QED) is 0.684. The number of benzene rings is 1. The van der Waals surface area contributed by atoms with Gasteiger partial charge in [-0.15, -0.1) is 0 Å². The summed E-state index contributed by atoms with van der Waals surface area (Å²) >= 11 is 0. The number of aromatic nitrogens is 3. The van der Waals surface area contributed by atoms with Crippen LogP contribution in [0.2, 0.25) is 0 Å². The van der Waals surface area contributed by atoms with Gasteiger partial charge in [0.05, 0.1) is 12.7 Å². The van der Waals surface area contributed by atoms with E-state index < -0.39 is 35.5 Å². The summed E-state index contributed by atoms with van der Waals surface area (Å²) in [5.41, 5.74) is 0.912. The van der Waals surface area contributed by atoms with Crippen molar-refractivity contribution in [3.63, 3.8) is 0 Å². The maximum absolute atomic E-state index is 14.5. The molecule has 158 valence electrons. The smallest absolute Gasteiger partial charge is 0.275 e. The Kier molecular flexibility index (Phi) is 5.48. The fraction of sp³-hybridized carbons (Fsp3) is 0.182. The lowest BCUT2D eigenvalue weighted by molar-refractivity contribution is -0.121. The third-order valence-corrected chi connectivity index (χ3v) is 4.87. The Morgan fingerprint density at radius 1 is 1.29 bits per heavy atom. The van der Waals surface area contributed by atoms with Crippen LogP contribution in [0.3, 0.4) is 0 Å². The summed E-state index contributed by atoms with van der Waals surface area (Å²) in [6.07, 6.45) is 3.24. The summed E-state index contributed by atoms with van der Waals surface area (Å²) in [6.45, 7) is 5.59. The fourth-order valence-electron chi connectivity index (χ4n) is 3.35. The molecule has 0 bridgehead atoms. The predicted octanol–water partition coefficient (Wildman–Crippen LogP) is 2.52. The van der Waals surface area contributed by atoms with Crippen molar-refractivity contribution in [1.29, 1.82) is 0 Å². The highest BCUT2D eigenvalue weighted by Crippen LogP contribution is 2.31. The van der Waals surface area contributed by atoms with Gasteiger partial charge in [-0.25, -0.2) is 9.37 Å². The lowest BCUT2D eigenvalue weighted by atomic mass is 10.1. The van der Waals surface area contributed by atoms with E-state index in [1.54, 1.807) is 19.1 Å². The Hall–Kier alpha value is -4.01. The van der Waals surface area contributed by atoms with E-state index in [2.05, 4.69) is 22.0 Å². The molecule has 0 aliphatic carbocycles. The number of carbonyl (C=O) groups is 2. The van der Waals surface area contributed by atoms with Crippen LogP contribution in [0.1, 0.15) is 23.0 Å². The van der Waals surface area contributed by atoms with E-state index in [1.807, 2.05) is 30.3 Å². The number of pyridine rings is 1. The molecule has 1 aliphatic heterocycles. The number of hydrogen-bond donors (Lipinski definition) is 1. The first-order chi connectivity index (χ1) is 15.0. The van der Waals surface area contributed by atoms with E-state index in [9.17, 15) is 14.0 Å². The van der Waals surface area contributed by atoms with Crippen LogP contribution in [-0.4, -0.2) is 38.7 Å². The summed E-state index contributed by atoms with van der Waals surface area (Å²) in [6, 6.07) is 11.6. The van der Waals surface area contributed by atoms with E-state index >= 15 is 0 Å². The lowest BCUT2D eigenvalue weighted by Gasteiger charge is -2.23. The van der Waals surface area contributed by atoms with Crippen molar-refractivity contribution in [1.82, 2.24) is 20.1 Å². The molecule has 4 rings (SSSR count). The minimum absolute atomic E-state index is 0.235. The first-order valence-electron chi connectivity index (χ1n) is 9.63. The van der Waals surface area contributed by atoms with Crippen molar-refractivity contribution in [2.75, 3.05) is 4.90 Å². The van der Waals surface area contributed by atoms with E-state index in [0.29, 0.717) is 12.2 Å². The van der Waals surface area contributed by atoms with Crippen molar-refractivity contribution in [3.05, 3.63) is 84.7 Å². The Morgan fingerprint density at radius 3 is 2.81 bits per heavy atom. The molecule has 8 nitrogen and oxygen atoms in total. The molecule has 2 atom stereocenters. The van der Waals surface area contributed by atoms with Crippen LogP contribution in [-0.2, 0) is 11.3 Å². The highest BCUT2D eigenvalue weighted by molar-refractivity contribution is 6.04. The number of hydrogen-bond acceptors (Lipinski definition) is 5. The molecule has 3 heterocycles. The number of anilines is 1. The summed E-state index contributed by atoms with van der Waals surface area (Å²) in [7, 11) is 0. The number of fused-ring (bicyclic) bond motifs is 1. The SMILES string of the molecule is C=CN1C(=O)[C@@H](NC(=O)c2nn(Cc3ccccc3)cc2F)[C@@H](C)Oc2ncccc21. The van der Waals surface area contributed by atoms with Gasteiger partial charge >= 0.3 is 0 Å². The molecule has 0 saturated heterocycles. The first kappa shape index (κ1) is 20.3. The predicted molar refractivity (Wildman–Crippen MR) is 111 cm³/mol. The van der Waals surface area contributed by atoms with Crippen LogP contribution in [0, 0.1) is 5.82 Å². The summed E-state index contributed by atoms with van der Waals surface area (Å²) in [5, 5.41) is 6.60. The second kappa shape index (κ2) is 8.39. The Bertz CT molecular complexity index is 1130. The van der Waals surface area contributed by atoms with Crippen LogP contribution in [0.5, 0.6) is 5.88 Å². The third-order valence-electron chi connectivity index (χ3n) is 4.87. The first-order valence-corrected chi connectivity index (χ1v) is 9.63. The van der Waals surface area contributed by atoms with Crippen LogP contribution in [0.15, 0.2) is 67.6 Å². The van der Waals surface area contributed by atoms with E-state index in [1.165, 1.54) is 22.0 Å². The summed E-state index contributed by atoms with van der Waals surface area (Å²) in [5.74, 6) is -1.85. The molecule has 1 N–H and O–H groups in total. The molecule has 9 heteroatoms. The molecule has 0 saturated carbocycles. The Morgan fingerprint density at radius 2 is 2.06 bits per heavy atom. The average molecular weight is 421 g/mol. The van der Waals surface area contributed by atoms with Gasteiger partial charge in [0, 0.05) is 12.4 Å². The standard InChI is InChI=1S/C22H20FN5O3/c1-3-28-17-10-7-11-24-21(17)31-14(2)18(22(28)30)25-20(29)19-16(23)13-27(26-19)12-15-8-5-4-6-9-15/h3-11,13-14,18H,1,12H2,2H3,(H,25,29)/t14-,18+/m1/s1. The topological polar surface area (TPSA) is 89.4 Å². The van der Waals surface area contributed by atoms with E-state index in [4.69, 9.17) is 4.74 Å². The normalized spacial score (nSPS) is 18.0. The van der Waals surface area contributed by atoms with Gasteiger partial charge in [0.25, 0.3) is 11.8 Å². The minimum Gasteiger partial charge on any atom is -0.470 e. The minimum atomic E-state index is -1.10. The highest BCUT2D eigenvalue weighted by atomic mass is 19.1. The zero-order valence-corrected chi connectivity index (χ0v) is 16.7. The zero-order chi connectivity index (χ0) is 22.0. The van der Waals surface area contributed by atoms with Crippen molar-refractivity contribution >= 4 is 17.5 Å². The van der Waals surface area contributed by atoms with Crippen molar-refractivity contribution < 1.29 is 18.7 Å². The van der Waals surface area contributed by atoms with Crippen molar-refractivity contribution in [3.8, 4) is 5.88 Å². The molecule has 1 aliphatic rings. The van der Waals surface area contributed by atoms with Crippen LogP contribution < -0.4 is 15.0 Å². The summed E-state index contributed by atoms with van der Waals surface area (Å²) < 4.78 is 21.6. The fourth-order valence-corrected chi connectivity index (χ4v) is 3.35. The van der Waals surface area contributed by atoms with Crippen molar-refractivity contribution in [2.24, 2.45) is 0 Å². The molecule has 2 amide bonds. The second-order valence-electron chi connectivity index (χ2n) is 7.00. The molecule has 0 fully saturated rings. The molecule has 0 radical (unpaired) electrons. The maximum atomic E-state index is 14.5. The van der Waals surface area contributed by atoms with Gasteiger partial charge in [0.2, 0.25) is 5.88 Å². The third kappa shape index (κ3) is 4.02. The number of rotatable bonds is 5. The molecule has 31 heavy (non-hydrogen) atoms. The van der Waals surface area contributed by atoms with Gasteiger partial charge in [-0.1, -0.05) is 36.9 Å². The number of nitrogens with zero attached hydrogens (tertiary/aromatic N) is 4. The lowest BCUT2D eigenvalue weighted by Crippen LogP contribution is -2.53. The molecule has 2 aromatic heterocycles. The Labute approximate surface area is 178 Å². The van der Waals surface area contributed by atoms with E-state index in [0.717, 1.165) is 11.8 Å². The number of halogens is 1. The van der Waals surface area contributed by atoms with Gasteiger partial charge in [0.15, 0.2) is 11.5 Å². The van der Waals surface area contributed by atoms with Gasteiger partial charge < -0.3 is 10.1 Å². The monoisotopic (exact) mass is 421 g/mol. The number of amides is 2. The molecule has 3 aromatic rings. The molecule has 1 aromatic carbocycles. The number of nitrogens with one attached hydrogen (secondary N) is 1. The molecular weight excluding hydrogens is 401 g/mol. The van der Waals surface area contributed by atoms with Gasteiger partial charge in [-0.05, 0) is 24.6 Å². The van der Waals surface area contributed by atoms with E-state index in [-0.39, 0.29) is 5.88 Å². The van der Waals surface area contributed by atoms with Crippen molar-refractivity contribution in [2.45, 2.75) is 25.6 Å². The van der Waals surface area contributed by atoms with Gasteiger partial charge in [-0.2, -0.15) is 5.10 Å². The average Bonchev–Trinajstić information content (AvgIpc) is 3.09. The van der Waals surface area contributed by atoms with Gasteiger partial charge in [-0.3, -0.25) is 19.2 Å². The maximum Gasteiger partial charge on any atom is 0.275 e.